The summed E-state index contributed by atoms with van der Waals surface area (Å²) in [6.07, 6.45) is 0. The predicted octanol–water partition coefficient (Wildman–Crippen LogP) is 2.05. The molecule has 1 heterocycles. The molecule has 0 aliphatic rings. The normalized spacial score (nSPS) is 10.8. The van der Waals surface area contributed by atoms with Gasteiger partial charge in [0.1, 0.15) is 0 Å². The first-order valence-electron chi connectivity index (χ1n) is 4.68. The molecule has 0 saturated carbocycles. The Bertz CT molecular complexity index is 599. The van der Waals surface area contributed by atoms with Gasteiger partial charge in [-0.1, -0.05) is 0 Å². The van der Waals surface area contributed by atoms with E-state index < -0.39 is 0 Å². The highest BCUT2D eigenvalue weighted by molar-refractivity contribution is 5.74. The number of fused-ring (bicyclic) bond motifs is 1. The van der Waals surface area contributed by atoms with E-state index in [4.69, 9.17) is 9.68 Å². The Morgan fingerprint density at radius 3 is 2.80 bits per heavy atom. The van der Waals surface area contributed by atoms with E-state index in [1.165, 1.54) is 4.57 Å². The van der Waals surface area contributed by atoms with Gasteiger partial charge in [-0.3, -0.25) is 4.57 Å². The van der Waals surface area contributed by atoms with Gasteiger partial charge in [0, 0.05) is 6.04 Å². The lowest BCUT2D eigenvalue weighted by Gasteiger charge is -2.04. The molecule has 2 rings (SSSR count). The van der Waals surface area contributed by atoms with Crippen molar-refractivity contribution in [2.75, 3.05) is 0 Å². The monoisotopic (exact) mass is 202 g/mol. The largest absolute Gasteiger partial charge is 0.420 e. The van der Waals surface area contributed by atoms with Crippen molar-refractivity contribution in [1.82, 2.24) is 4.57 Å². The molecule has 1 aromatic carbocycles. The van der Waals surface area contributed by atoms with Crippen LogP contribution in [0.25, 0.3) is 11.1 Å². The summed E-state index contributed by atoms with van der Waals surface area (Å²) < 4.78 is 6.60. The molecule has 0 atom stereocenters. The number of aromatic nitrogens is 1. The van der Waals surface area contributed by atoms with E-state index in [-0.39, 0.29) is 11.8 Å². The van der Waals surface area contributed by atoms with Gasteiger partial charge >= 0.3 is 5.76 Å². The van der Waals surface area contributed by atoms with Crippen molar-refractivity contribution in [2.24, 2.45) is 0 Å². The van der Waals surface area contributed by atoms with Crippen molar-refractivity contribution in [2.45, 2.75) is 19.9 Å². The van der Waals surface area contributed by atoms with Gasteiger partial charge in [0.25, 0.3) is 0 Å². The van der Waals surface area contributed by atoms with Crippen molar-refractivity contribution in [3.8, 4) is 6.07 Å². The van der Waals surface area contributed by atoms with Crippen LogP contribution in [0.3, 0.4) is 0 Å². The fourth-order valence-corrected chi connectivity index (χ4v) is 1.59. The van der Waals surface area contributed by atoms with Gasteiger partial charge in [0.05, 0.1) is 17.1 Å². The Labute approximate surface area is 86.4 Å². The van der Waals surface area contributed by atoms with Gasteiger partial charge in [-0.15, -0.1) is 0 Å². The van der Waals surface area contributed by atoms with E-state index >= 15 is 0 Å². The fourth-order valence-electron chi connectivity index (χ4n) is 1.59. The second kappa shape index (κ2) is 3.28. The average Bonchev–Trinajstić information content (AvgIpc) is 2.52. The van der Waals surface area contributed by atoms with Crippen LogP contribution in [0.5, 0.6) is 0 Å². The third-order valence-corrected chi connectivity index (χ3v) is 2.26. The Morgan fingerprint density at radius 1 is 1.47 bits per heavy atom. The molecule has 0 aliphatic heterocycles. The summed E-state index contributed by atoms with van der Waals surface area (Å²) in [7, 11) is 0. The van der Waals surface area contributed by atoms with Crippen LogP contribution in [-0.4, -0.2) is 4.57 Å². The standard InChI is InChI=1S/C11H10N2O2/c1-7(2)13-9-5-8(6-12)3-4-10(9)15-11(13)14/h3-5,7H,1-2H3. The van der Waals surface area contributed by atoms with E-state index in [0.29, 0.717) is 16.7 Å². The third-order valence-electron chi connectivity index (χ3n) is 2.26. The molecule has 2 aromatic rings. The zero-order chi connectivity index (χ0) is 11.0. The maximum Gasteiger partial charge on any atom is 0.420 e. The van der Waals surface area contributed by atoms with E-state index in [0.717, 1.165) is 0 Å². The van der Waals surface area contributed by atoms with Gasteiger partial charge < -0.3 is 4.42 Å². The van der Waals surface area contributed by atoms with E-state index in [1.807, 2.05) is 19.9 Å². The number of rotatable bonds is 1. The summed E-state index contributed by atoms with van der Waals surface area (Å²) in [5, 5.41) is 8.77. The molecular weight excluding hydrogens is 192 g/mol. The quantitative estimate of drug-likeness (QED) is 0.711. The van der Waals surface area contributed by atoms with Gasteiger partial charge in [0.2, 0.25) is 0 Å². The maximum absolute atomic E-state index is 11.5. The minimum atomic E-state index is -0.380. The van der Waals surface area contributed by atoms with Crippen LogP contribution in [0.4, 0.5) is 0 Å². The van der Waals surface area contributed by atoms with Crippen LogP contribution in [-0.2, 0) is 0 Å². The first-order valence-corrected chi connectivity index (χ1v) is 4.68. The average molecular weight is 202 g/mol. The van der Waals surface area contributed by atoms with Gasteiger partial charge in [-0.05, 0) is 32.0 Å². The molecule has 0 amide bonds. The highest BCUT2D eigenvalue weighted by Crippen LogP contribution is 2.17. The Hall–Kier alpha value is -2.02. The Morgan fingerprint density at radius 2 is 2.20 bits per heavy atom. The molecular formula is C11H10N2O2. The zero-order valence-electron chi connectivity index (χ0n) is 8.52. The second-order valence-corrected chi connectivity index (χ2v) is 3.63. The summed E-state index contributed by atoms with van der Waals surface area (Å²) in [6.45, 7) is 3.80. The molecule has 4 nitrogen and oxygen atoms in total. The highest BCUT2D eigenvalue weighted by atomic mass is 16.4. The summed E-state index contributed by atoms with van der Waals surface area (Å²) in [6, 6.07) is 7.01. The lowest BCUT2D eigenvalue weighted by atomic mass is 10.2. The SMILES string of the molecule is CC(C)n1c(=O)oc2ccc(C#N)cc21. The van der Waals surface area contributed by atoms with Crippen molar-refractivity contribution in [3.63, 3.8) is 0 Å². The highest BCUT2D eigenvalue weighted by Gasteiger charge is 2.11. The molecule has 0 N–H and O–H groups in total. The molecule has 0 saturated heterocycles. The van der Waals surface area contributed by atoms with Crippen molar-refractivity contribution < 1.29 is 4.42 Å². The van der Waals surface area contributed by atoms with Gasteiger partial charge in [-0.25, -0.2) is 4.79 Å². The van der Waals surface area contributed by atoms with Gasteiger partial charge in [0.15, 0.2) is 5.58 Å². The molecule has 1 aromatic heterocycles. The summed E-state index contributed by atoms with van der Waals surface area (Å²) in [5.41, 5.74) is 1.72. The van der Waals surface area contributed by atoms with E-state index in [2.05, 4.69) is 0 Å². The number of nitrogens with zero attached hydrogens (tertiary/aromatic N) is 2. The summed E-state index contributed by atoms with van der Waals surface area (Å²) in [4.78, 5) is 11.5. The van der Waals surface area contributed by atoms with Crippen LogP contribution >= 0.6 is 0 Å². The minimum absolute atomic E-state index is 0.0210. The molecule has 0 radical (unpaired) electrons. The number of nitriles is 1. The van der Waals surface area contributed by atoms with Crippen molar-refractivity contribution >= 4 is 11.1 Å². The summed E-state index contributed by atoms with van der Waals surface area (Å²) in [5.74, 6) is -0.380. The zero-order valence-corrected chi connectivity index (χ0v) is 8.52. The van der Waals surface area contributed by atoms with E-state index in [1.54, 1.807) is 18.2 Å². The van der Waals surface area contributed by atoms with Crippen molar-refractivity contribution in [3.05, 3.63) is 34.3 Å². The molecule has 0 bridgehead atoms. The molecule has 0 fully saturated rings. The smallest absolute Gasteiger partial charge is 0.408 e. The molecule has 0 spiro atoms. The maximum atomic E-state index is 11.5. The number of hydrogen-bond donors (Lipinski definition) is 0. The third kappa shape index (κ3) is 1.42. The lowest BCUT2D eigenvalue weighted by molar-refractivity contribution is 0.478. The first-order chi connectivity index (χ1) is 7.13. The molecule has 15 heavy (non-hydrogen) atoms. The molecule has 0 aliphatic carbocycles. The Kier molecular flexibility index (Phi) is 2.09. The number of hydrogen-bond acceptors (Lipinski definition) is 3. The minimum Gasteiger partial charge on any atom is -0.408 e. The van der Waals surface area contributed by atoms with Crippen LogP contribution in [0.2, 0.25) is 0 Å². The predicted molar refractivity (Wildman–Crippen MR) is 55.6 cm³/mol. The number of benzene rings is 1. The molecule has 76 valence electrons. The summed E-state index contributed by atoms with van der Waals surface area (Å²) >= 11 is 0. The molecule has 0 unspecified atom stereocenters. The van der Waals surface area contributed by atoms with Crippen LogP contribution in [0.15, 0.2) is 27.4 Å². The fraction of sp³-hybridized carbons (Fsp3) is 0.273. The Balaban J connectivity index is 2.85. The second-order valence-electron chi connectivity index (χ2n) is 3.63. The number of oxazole rings is 1. The van der Waals surface area contributed by atoms with Gasteiger partial charge in [-0.2, -0.15) is 5.26 Å². The van der Waals surface area contributed by atoms with Crippen LogP contribution < -0.4 is 5.76 Å². The first kappa shape index (κ1) is 9.53. The van der Waals surface area contributed by atoms with Crippen LogP contribution in [0, 0.1) is 11.3 Å². The topological polar surface area (TPSA) is 58.9 Å². The van der Waals surface area contributed by atoms with E-state index in [9.17, 15) is 4.79 Å². The van der Waals surface area contributed by atoms with Crippen LogP contribution in [0.1, 0.15) is 25.5 Å². The molecule has 4 heteroatoms. The van der Waals surface area contributed by atoms with Crippen molar-refractivity contribution in [1.29, 1.82) is 5.26 Å². The lowest BCUT2D eigenvalue weighted by Crippen LogP contribution is -2.15.